The van der Waals surface area contributed by atoms with Crippen LogP contribution in [-0.2, 0) is 14.8 Å². The fraction of sp³-hybridized carbons (Fsp3) is 0.348. The van der Waals surface area contributed by atoms with Crippen LogP contribution in [0.25, 0.3) is 11.1 Å². The van der Waals surface area contributed by atoms with Gasteiger partial charge < -0.3 is 14.6 Å². The van der Waals surface area contributed by atoms with E-state index < -0.39 is 10.0 Å². The Labute approximate surface area is 191 Å². The zero-order valence-corrected chi connectivity index (χ0v) is 18.8. The Morgan fingerprint density at radius 2 is 1.97 bits per heavy atom. The van der Waals surface area contributed by atoms with Crippen molar-refractivity contribution in [1.82, 2.24) is 19.5 Å². The summed E-state index contributed by atoms with van der Waals surface area (Å²) in [5.74, 6) is 0.0298. The number of oxazole rings is 1. The van der Waals surface area contributed by atoms with Crippen molar-refractivity contribution in [2.75, 3.05) is 32.7 Å². The SMILES string of the molecule is O=C1CN(S(=O)(=O)c2cccc(C(=O)N3CCCC(c4nc5ccccc5o4)C3)c2)CCN1. The van der Waals surface area contributed by atoms with Crippen LogP contribution in [0.3, 0.4) is 0 Å². The Bertz CT molecular complexity index is 1290. The molecule has 0 radical (unpaired) electrons. The molecule has 33 heavy (non-hydrogen) atoms. The maximum Gasteiger partial charge on any atom is 0.253 e. The van der Waals surface area contributed by atoms with Crippen LogP contribution in [0.5, 0.6) is 0 Å². The first kappa shape index (κ1) is 21.6. The molecule has 2 aliphatic heterocycles. The van der Waals surface area contributed by atoms with Crippen LogP contribution in [0.4, 0.5) is 0 Å². The number of rotatable bonds is 4. The second-order valence-corrected chi connectivity index (χ2v) is 10.3. The summed E-state index contributed by atoms with van der Waals surface area (Å²) in [6, 6.07) is 13.6. The van der Waals surface area contributed by atoms with Gasteiger partial charge in [0.1, 0.15) is 5.52 Å². The molecule has 2 aromatic carbocycles. The average molecular weight is 469 g/mol. The molecule has 1 aromatic heterocycles. The van der Waals surface area contributed by atoms with E-state index in [-0.39, 0.29) is 42.3 Å². The van der Waals surface area contributed by atoms with Crippen LogP contribution in [0.1, 0.15) is 35.0 Å². The molecule has 1 unspecified atom stereocenters. The Morgan fingerprint density at radius 1 is 1.12 bits per heavy atom. The molecule has 2 fully saturated rings. The van der Waals surface area contributed by atoms with Gasteiger partial charge in [0.15, 0.2) is 11.5 Å². The largest absolute Gasteiger partial charge is 0.440 e. The number of nitrogens with one attached hydrogen (secondary N) is 1. The fourth-order valence-corrected chi connectivity index (χ4v) is 5.81. The Balaban J connectivity index is 1.35. The molecule has 2 saturated heterocycles. The fourth-order valence-electron chi connectivity index (χ4n) is 4.37. The number of piperidine rings is 1. The number of carbonyl (C=O) groups is 2. The third-order valence-corrected chi connectivity index (χ3v) is 7.93. The predicted molar refractivity (Wildman–Crippen MR) is 120 cm³/mol. The first-order valence-electron chi connectivity index (χ1n) is 10.9. The number of carbonyl (C=O) groups excluding carboxylic acids is 2. The molecule has 3 heterocycles. The minimum atomic E-state index is -3.87. The smallest absolute Gasteiger partial charge is 0.253 e. The lowest BCUT2D eigenvalue weighted by Gasteiger charge is -2.31. The third-order valence-electron chi connectivity index (χ3n) is 6.09. The van der Waals surface area contributed by atoms with Crippen molar-refractivity contribution >= 4 is 32.9 Å². The summed E-state index contributed by atoms with van der Waals surface area (Å²) < 4.78 is 33.1. The minimum absolute atomic E-state index is 0.00978. The number of aromatic nitrogens is 1. The van der Waals surface area contributed by atoms with Crippen LogP contribution in [0.2, 0.25) is 0 Å². The number of amides is 2. The van der Waals surface area contributed by atoms with Crippen LogP contribution >= 0.6 is 0 Å². The van der Waals surface area contributed by atoms with E-state index in [2.05, 4.69) is 10.3 Å². The van der Waals surface area contributed by atoms with E-state index >= 15 is 0 Å². The number of hydrogen-bond acceptors (Lipinski definition) is 6. The molecular formula is C23H24N4O5S. The van der Waals surface area contributed by atoms with E-state index in [1.165, 1.54) is 12.1 Å². The highest BCUT2D eigenvalue weighted by atomic mass is 32.2. The van der Waals surface area contributed by atoms with Gasteiger partial charge in [-0.05, 0) is 43.2 Å². The van der Waals surface area contributed by atoms with Gasteiger partial charge in [-0.3, -0.25) is 9.59 Å². The number of benzene rings is 2. The minimum Gasteiger partial charge on any atom is -0.440 e. The molecule has 1 N–H and O–H groups in total. The van der Waals surface area contributed by atoms with Gasteiger partial charge in [-0.2, -0.15) is 4.31 Å². The number of likely N-dealkylation sites (tertiary alicyclic amines) is 1. The van der Waals surface area contributed by atoms with Crippen molar-refractivity contribution in [3.8, 4) is 0 Å². The molecule has 172 valence electrons. The van der Waals surface area contributed by atoms with Crippen molar-refractivity contribution in [3.63, 3.8) is 0 Å². The van der Waals surface area contributed by atoms with Crippen LogP contribution in [0, 0.1) is 0 Å². The summed E-state index contributed by atoms with van der Waals surface area (Å²) in [5.41, 5.74) is 1.82. The van der Waals surface area contributed by atoms with E-state index in [9.17, 15) is 18.0 Å². The summed E-state index contributed by atoms with van der Waals surface area (Å²) in [6.07, 6.45) is 1.66. The van der Waals surface area contributed by atoms with E-state index in [0.29, 0.717) is 24.5 Å². The molecule has 1 atom stereocenters. The molecule has 0 bridgehead atoms. The quantitative estimate of drug-likeness (QED) is 0.626. The van der Waals surface area contributed by atoms with Gasteiger partial charge in [0.25, 0.3) is 5.91 Å². The van der Waals surface area contributed by atoms with Crippen molar-refractivity contribution in [3.05, 3.63) is 60.0 Å². The topological polar surface area (TPSA) is 113 Å². The average Bonchev–Trinajstić information content (AvgIpc) is 3.28. The molecule has 3 aromatic rings. The molecule has 5 rings (SSSR count). The molecule has 0 aliphatic carbocycles. The highest BCUT2D eigenvalue weighted by molar-refractivity contribution is 7.89. The van der Waals surface area contributed by atoms with Gasteiger partial charge in [0.2, 0.25) is 15.9 Å². The number of piperazine rings is 1. The second-order valence-electron chi connectivity index (χ2n) is 8.33. The number of fused-ring (bicyclic) bond motifs is 1. The van der Waals surface area contributed by atoms with Crippen molar-refractivity contribution in [2.24, 2.45) is 0 Å². The second kappa shape index (κ2) is 8.60. The Morgan fingerprint density at radius 3 is 2.79 bits per heavy atom. The van der Waals surface area contributed by atoms with E-state index in [1.807, 2.05) is 24.3 Å². The maximum absolute atomic E-state index is 13.3. The number of para-hydroxylation sites is 2. The van der Waals surface area contributed by atoms with Crippen LogP contribution in [0.15, 0.2) is 57.8 Å². The molecule has 0 saturated carbocycles. The van der Waals surface area contributed by atoms with E-state index in [0.717, 1.165) is 28.2 Å². The van der Waals surface area contributed by atoms with Crippen molar-refractivity contribution in [1.29, 1.82) is 0 Å². The summed E-state index contributed by atoms with van der Waals surface area (Å²) in [4.78, 5) is 31.2. The predicted octanol–water partition coefficient (Wildman–Crippen LogP) is 1.97. The zero-order chi connectivity index (χ0) is 23.0. The van der Waals surface area contributed by atoms with Crippen LogP contribution < -0.4 is 5.32 Å². The Kier molecular flexibility index (Phi) is 5.63. The molecule has 2 aliphatic rings. The lowest BCUT2D eigenvalue weighted by atomic mass is 9.97. The number of hydrogen-bond donors (Lipinski definition) is 1. The normalized spacial score (nSPS) is 20.1. The highest BCUT2D eigenvalue weighted by Gasteiger charge is 2.31. The van der Waals surface area contributed by atoms with Crippen molar-refractivity contribution < 1.29 is 22.4 Å². The first-order valence-corrected chi connectivity index (χ1v) is 12.4. The van der Waals surface area contributed by atoms with E-state index in [4.69, 9.17) is 4.42 Å². The van der Waals surface area contributed by atoms with Gasteiger partial charge >= 0.3 is 0 Å². The first-order chi connectivity index (χ1) is 15.9. The maximum atomic E-state index is 13.3. The highest BCUT2D eigenvalue weighted by Crippen LogP contribution is 2.30. The van der Waals surface area contributed by atoms with Gasteiger partial charge in [0.05, 0.1) is 17.4 Å². The van der Waals surface area contributed by atoms with Gasteiger partial charge in [-0.15, -0.1) is 0 Å². The molecule has 10 heteroatoms. The lowest BCUT2D eigenvalue weighted by molar-refractivity contribution is -0.122. The third kappa shape index (κ3) is 4.23. The summed E-state index contributed by atoms with van der Waals surface area (Å²) in [6.45, 7) is 1.28. The molecule has 2 amide bonds. The summed E-state index contributed by atoms with van der Waals surface area (Å²) in [7, 11) is -3.87. The van der Waals surface area contributed by atoms with Gasteiger partial charge in [-0.1, -0.05) is 18.2 Å². The molecule has 9 nitrogen and oxygen atoms in total. The monoisotopic (exact) mass is 468 g/mol. The molecule has 0 spiro atoms. The zero-order valence-electron chi connectivity index (χ0n) is 17.9. The van der Waals surface area contributed by atoms with Gasteiger partial charge in [-0.25, -0.2) is 13.4 Å². The summed E-state index contributed by atoms with van der Waals surface area (Å²) in [5, 5.41) is 2.62. The number of nitrogens with zero attached hydrogens (tertiary/aromatic N) is 3. The van der Waals surface area contributed by atoms with E-state index in [1.54, 1.807) is 17.0 Å². The van der Waals surface area contributed by atoms with Gasteiger partial charge in [0, 0.05) is 31.7 Å². The Hall–Kier alpha value is -3.24. The summed E-state index contributed by atoms with van der Waals surface area (Å²) >= 11 is 0. The van der Waals surface area contributed by atoms with Crippen LogP contribution in [-0.4, -0.2) is 67.1 Å². The lowest BCUT2D eigenvalue weighted by Crippen LogP contribution is -2.49. The molecular weight excluding hydrogens is 444 g/mol. The van der Waals surface area contributed by atoms with Crippen molar-refractivity contribution in [2.45, 2.75) is 23.7 Å². The standard InChI is InChI=1S/C23H24N4O5S/c28-21-15-27(12-10-24-21)33(30,31)18-7-3-5-16(13-18)23(29)26-11-4-6-17(14-26)22-25-19-8-1-2-9-20(19)32-22/h1-3,5,7-9,13,17H,4,6,10-12,14-15H2,(H,24,28). The number of sulfonamides is 1.